The number of nitrogens with one attached hydrogen (secondary N) is 3. The van der Waals surface area contributed by atoms with Crippen LogP contribution in [0.4, 0.5) is 0 Å². The summed E-state index contributed by atoms with van der Waals surface area (Å²) >= 11 is 1.93. The van der Waals surface area contributed by atoms with Crippen molar-refractivity contribution in [3.8, 4) is 0 Å². The zero-order valence-electron chi connectivity index (χ0n) is 12.5. The van der Waals surface area contributed by atoms with Crippen LogP contribution in [-0.2, 0) is 19.2 Å². The van der Waals surface area contributed by atoms with Crippen LogP contribution >= 0.6 is 22.6 Å². The maximum Gasteiger partial charge on any atom is 0.331 e. The summed E-state index contributed by atoms with van der Waals surface area (Å²) in [6.45, 7) is 3.29. The van der Waals surface area contributed by atoms with Crippen molar-refractivity contribution in [3.63, 3.8) is 0 Å². The summed E-state index contributed by atoms with van der Waals surface area (Å²) in [5.74, 6) is -2.18. The van der Waals surface area contributed by atoms with Crippen LogP contribution < -0.4 is 16.0 Å². The highest BCUT2D eigenvalue weighted by molar-refractivity contribution is 14.1. The summed E-state index contributed by atoms with van der Waals surface area (Å²) < 4.78 is 0.343. The third kappa shape index (κ3) is 8.60. The average molecular weight is 425 g/mol. The number of carbonyl (C=O) groups is 4. The summed E-state index contributed by atoms with van der Waals surface area (Å²) in [4.78, 5) is 45.1. The Hall–Kier alpha value is -1.65. The van der Waals surface area contributed by atoms with Gasteiger partial charge in [0.15, 0.2) is 0 Å². The van der Waals surface area contributed by atoms with Crippen LogP contribution in [0.15, 0.2) is 11.1 Å². The number of aliphatic carboxylic acids is 1. The molecule has 0 saturated heterocycles. The molecular weight excluding hydrogens is 405 g/mol. The van der Waals surface area contributed by atoms with Gasteiger partial charge in [0.25, 0.3) is 0 Å². The number of hydrogen-bond donors (Lipinski definition) is 4. The molecule has 0 unspecified atom stereocenters. The first-order chi connectivity index (χ1) is 10.3. The number of amides is 3. The van der Waals surface area contributed by atoms with Crippen molar-refractivity contribution in [1.82, 2.24) is 16.0 Å². The second-order valence-corrected chi connectivity index (χ2v) is 5.14. The summed E-state index contributed by atoms with van der Waals surface area (Å²) in [5.41, 5.74) is 0.00886. The van der Waals surface area contributed by atoms with E-state index in [-0.39, 0.29) is 42.3 Å². The predicted octanol–water partition coefficient (Wildman–Crippen LogP) is -0.0713. The van der Waals surface area contributed by atoms with E-state index in [9.17, 15) is 19.2 Å². The maximum absolute atomic E-state index is 11.8. The van der Waals surface area contributed by atoms with Crippen molar-refractivity contribution in [3.05, 3.63) is 11.1 Å². The second kappa shape index (κ2) is 11.0. The topological polar surface area (TPSA) is 125 Å². The number of halogens is 1. The number of carboxylic acid groups (broad SMARTS) is 1. The van der Waals surface area contributed by atoms with E-state index in [1.165, 1.54) is 13.8 Å². The molecule has 0 rings (SSSR count). The molecule has 22 heavy (non-hydrogen) atoms. The molecule has 0 heterocycles. The van der Waals surface area contributed by atoms with Gasteiger partial charge >= 0.3 is 5.97 Å². The molecule has 0 aromatic carbocycles. The Bertz CT molecular complexity index is 476. The molecule has 3 amide bonds. The normalized spacial score (nSPS) is 11.2. The molecule has 8 nitrogen and oxygen atoms in total. The molecule has 0 bridgehead atoms. The van der Waals surface area contributed by atoms with Crippen LogP contribution in [-0.4, -0.2) is 46.4 Å². The standard InChI is InChI=1S/C13H20IN3O5/c1-8(13(21)22)10(12(20)17-7-14)3-4-11(19)16-6-5-15-9(2)18/h3-7H2,1-2H3,(H,15,18)(H,16,19)(H,17,20)(H,21,22)/b10-8-. The van der Waals surface area contributed by atoms with E-state index in [0.717, 1.165) is 0 Å². The minimum Gasteiger partial charge on any atom is -0.478 e. The Kier molecular flexibility index (Phi) is 10.2. The van der Waals surface area contributed by atoms with Crippen molar-refractivity contribution >= 4 is 46.3 Å². The van der Waals surface area contributed by atoms with Crippen molar-refractivity contribution in [1.29, 1.82) is 0 Å². The van der Waals surface area contributed by atoms with Crippen LogP contribution in [0.25, 0.3) is 0 Å². The van der Waals surface area contributed by atoms with Crippen molar-refractivity contribution in [2.24, 2.45) is 0 Å². The van der Waals surface area contributed by atoms with E-state index < -0.39 is 11.9 Å². The van der Waals surface area contributed by atoms with E-state index in [1.807, 2.05) is 22.6 Å². The van der Waals surface area contributed by atoms with Crippen LogP contribution in [0.1, 0.15) is 26.7 Å². The molecule has 0 aliphatic rings. The second-order valence-electron chi connectivity index (χ2n) is 4.38. The Morgan fingerprint density at radius 3 is 2.05 bits per heavy atom. The fourth-order valence-corrected chi connectivity index (χ4v) is 1.88. The largest absolute Gasteiger partial charge is 0.478 e. The van der Waals surface area contributed by atoms with Gasteiger partial charge in [-0.3, -0.25) is 14.4 Å². The van der Waals surface area contributed by atoms with Gasteiger partial charge in [-0.15, -0.1) is 0 Å². The fraction of sp³-hybridized carbons (Fsp3) is 0.538. The predicted molar refractivity (Wildman–Crippen MR) is 88.3 cm³/mol. The van der Waals surface area contributed by atoms with Gasteiger partial charge in [-0.1, -0.05) is 22.6 Å². The van der Waals surface area contributed by atoms with E-state index >= 15 is 0 Å². The van der Waals surface area contributed by atoms with E-state index in [1.54, 1.807) is 0 Å². The van der Waals surface area contributed by atoms with Gasteiger partial charge in [0.2, 0.25) is 17.7 Å². The molecule has 9 heteroatoms. The number of hydrogen-bond acceptors (Lipinski definition) is 4. The summed E-state index contributed by atoms with van der Waals surface area (Å²) in [7, 11) is 0. The van der Waals surface area contributed by atoms with Crippen LogP contribution in [0.3, 0.4) is 0 Å². The molecule has 0 aliphatic carbocycles. The number of rotatable bonds is 9. The molecule has 0 atom stereocenters. The lowest BCUT2D eigenvalue weighted by molar-refractivity contribution is -0.133. The van der Waals surface area contributed by atoms with Gasteiger partial charge in [-0.25, -0.2) is 4.79 Å². The van der Waals surface area contributed by atoms with Crippen LogP contribution in [0.2, 0.25) is 0 Å². The zero-order valence-corrected chi connectivity index (χ0v) is 14.7. The molecule has 0 radical (unpaired) electrons. The van der Waals surface area contributed by atoms with E-state index in [2.05, 4.69) is 16.0 Å². The molecule has 0 aromatic heterocycles. The Balaban J connectivity index is 4.49. The van der Waals surface area contributed by atoms with Crippen molar-refractivity contribution in [2.45, 2.75) is 26.7 Å². The van der Waals surface area contributed by atoms with Gasteiger partial charge in [0.1, 0.15) is 0 Å². The van der Waals surface area contributed by atoms with Gasteiger partial charge in [0, 0.05) is 37.6 Å². The molecule has 4 N–H and O–H groups in total. The lowest BCUT2D eigenvalue weighted by Gasteiger charge is -2.10. The highest BCUT2D eigenvalue weighted by atomic mass is 127. The molecule has 0 saturated carbocycles. The van der Waals surface area contributed by atoms with Gasteiger partial charge in [-0.2, -0.15) is 0 Å². The Labute approximate surface area is 142 Å². The summed E-state index contributed by atoms with van der Waals surface area (Å²) in [6.07, 6.45) is 0.0290. The molecule has 0 fully saturated rings. The monoisotopic (exact) mass is 425 g/mol. The van der Waals surface area contributed by atoms with Crippen molar-refractivity contribution in [2.75, 3.05) is 17.6 Å². The van der Waals surface area contributed by atoms with Crippen LogP contribution in [0, 0.1) is 0 Å². The number of carbonyl (C=O) groups excluding carboxylic acids is 3. The van der Waals surface area contributed by atoms with E-state index in [0.29, 0.717) is 11.1 Å². The molecule has 0 aromatic rings. The highest BCUT2D eigenvalue weighted by Crippen LogP contribution is 2.12. The van der Waals surface area contributed by atoms with Crippen molar-refractivity contribution < 1.29 is 24.3 Å². The lowest BCUT2D eigenvalue weighted by Crippen LogP contribution is -2.34. The third-order valence-corrected chi connectivity index (χ3v) is 3.08. The minimum atomic E-state index is -1.19. The lowest BCUT2D eigenvalue weighted by atomic mass is 10.0. The van der Waals surface area contributed by atoms with Gasteiger partial charge in [0.05, 0.1) is 4.55 Å². The Morgan fingerprint density at radius 2 is 1.55 bits per heavy atom. The quantitative estimate of drug-likeness (QED) is 0.135. The smallest absolute Gasteiger partial charge is 0.331 e. The molecule has 124 valence electrons. The first kappa shape index (κ1) is 20.3. The maximum atomic E-state index is 11.8. The van der Waals surface area contributed by atoms with Crippen LogP contribution in [0.5, 0.6) is 0 Å². The number of alkyl halides is 1. The molecular formula is C13H20IN3O5. The molecule has 0 aliphatic heterocycles. The summed E-state index contributed by atoms with van der Waals surface area (Å²) in [5, 5.41) is 16.6. The van der Waals surface area contributed by atoms with Gasteiger partial charge < -0.3 is 21.1 Å². The Morgan fingerprint density at radius 1 is 0.955 bits per heavy atom. The summed E-state index contributed by atoms with van der Waals surface area (Å²) in [6, 6.07) is 0. The van der Waals surface area contributed by atoms with E-state index in [4.69, 9.17) is 5.11 Å². The zero-order chi connectivity index (χ0) is 17.1. The SMILES string of the molecule is CC(=O)NCCNC(=O)CC/C(C(=O)NCI)=C(\C)C(=O)O. The highest BCUT2D eigenvalue weighted by Gasteiger charge is 2.17. The third-order valence-electron chi connectivity index (χ3n) is 2.70. The first-order valence-electron chi connectivity index (χ1n) is 6.58. The average Bonchev–Trinajstić information content (AvgIpc) is 2.43. The van der Waals surface area contributed by atoms with Gasteiger partial charge in [-0.05, 0) is 13.3 Å². The fourth-order valence-electron chi connectivity index (χ4n) is 1.54. The first-order valence-corrected chi connectivity index (χ1v) is 8.10. The molecule has 0 spiro atoms. The minimum absolute atomic E-state index is 0.00527. The number of carboxylic acids is 1.